The van der Waals surface area contributed by atoms with E-state index in [2.05, 4.69) is 21.7 Å². The Labute approximate surface area is 95.9 Å². The molecular weight excluding hydrogens is 206 g/mol. The number of hydrogen-bond acceptors (Lipinski definition) is 2. The van der Waals surface area contributed by atoms with E-state index in [9.17, 15) is 0 Å². The van der Waals surface area contributed by atoms with Gasteiger partial charge in [-0.25, -0.2) is 0 Å². The lowest BCUT2D eigenvalue weighted by Gasteiger charge is -2.10. The molecule has 0 unspecified atom stereocenters. The van der Waals surface area contributed by atoms with Crippen LogP contribution in [0, 0.1) is 4.77 Å². The number of aromatic amines is 1. The Morgan fingerprint density at radius 3 is 2.87 bits per heavy atom. The predicted octanol–water partition coefficient (Wildman–Crippen LogP) is 3.40. The van der Waals surface area contributed by atoms with Crippen molar-refractivity contribution < 1.29 is 0 Å². The van der Waals surface area contributed by atoms with Gasteiger partial charge in [-0.15, -0.1) is 0 Å². The molecule has 1 heterocycles. The van der Waals surface area contributed by atoms with Gasteiger partial charge < -0.3 is 4.57 Å². The van der Waals surface area contributed by atoms with Gasteiger partial charge in [0.2, 0.25) is 0 Å². The second kappa shape index (κ2) is 4.92. The number of nitrogens with one attached hydrogen (secondary N) is 1. The molecule has 0 aliphatic heterocycles. The summed E-state index contributed by atoms with van der Waals surface area (Å²) in [5, 5.41) is 7.34. The van der Waals surface area contributed by atoms with Crippen molar-refractivity contribution in [1.29, 1.82) is 0 Å². The quantitative estimate of drug-likeness (QED) is 0.797. The second-order valence-corrected chi connectivity index (χ2v) is 4.76. The molecule has 3 nitrogen and oxygen atoms in total. The lowest BCUT2D eigenvalue weighted by molar-refractivity contribution is 0.553. The van der Waals surface area contributed by atoms with Crippen LogP contribution in [0.5, 0.6) is 0 Å². The van der Waals surface area contributed by atoms with E-state index in [1.807, 2.05) is 0 Å². The van der Waals surface area contributed by atoms with Crippen molar-refractivity contribution in [2.45, 2.75) is 57.9 Å². The largest absolute Gasteiger partial charge is 0.304 e. The van der Waals surface area contributed by atoms with Gasteiger partial charge in [-0.1, -0.05) is 26.2 Å². The van der Waals surface area contributed by atoms with Gasteiger partial charge in [0.1, 0.15) is 5.82 Å². The highest BCUT2D eigenvalue weighted by molar-refractivity contribution is 7.71. The zero-order valence-electron chi connectivity index (χ0n) is 9.33. The zero-order valence-corrected chi connectivity index (χ0v) is 10.1. The van der Waals surface area contributed by atoms with Crippen molar-refractivity contribution in [1.82, 2.24) is 14.8 Å². The van der Waals surface area contributed by atoms with Crippen molar-refractivity contribution in [3.05, 3.63) is 10.6 Å². The summed E-state index contributed by atoms with van der Waals surface area (Å²) in [4.78, 5) is 0. The minimum Gasteiger partial charge on any atom is -0.304 e. The summed E-state index contributed by atoms with van der Waals surface area (Å²) in [5.41, 5.74) is 0. The number of rotatable bonds is 4. The fourth-order valence-corrected chi connectivity index (χ4v) is 2.59. The van der Waals surface area contributed by atoms with Gasteiger partial charge >= 0.3 is 0 Å². The van der Waals surface area contributed by atoms with Gasteiger partial charge in [0.15, 0.2) is 4.77 Å². The summed E-state index contributed by atoms with van der Waals surface area (Å²) >= 11 is 5.27. The molecule has 84 valence electrons. The second-order valence-electron chi connectivity index (χ2n) is 4.37. The molecule has 1 fully saturated rings. The molecule has 1 aromatic rings. The van der Waals surface area contributed by atoms with Crippen molar-refractivity contribution >= 4 is 12.2 Å². The molecule has 2 rings (SSSR count). The molecule has 1 aromatic heterocycles. The molecule has 1 saturated carbocycles. The molecule has 15 heavy (non-hydrogen) atoms. The van der Waals surface area contributed by atoms with Crippen LogP contribution in [-0.2, 0) is 6.54 Å². The third-order valence-corrected chi connectivity index (χ3v) is 3.56. The third-order valence-electron chi connectivity index (χ3n) is 3.24. The highest BCUT2D eigenvalue weighted by Crippen LogP contribution is 2.32. The summed E-state index contributed by atoms with van der Waals surface area (Å²) in [5.74, 6) is 1.85. The maximum absolute atomic E-state index is 5.27. The molecule has 1 aliphatic rings. The number of H-pyrrole nitrogens is 1. The first-order chi connectivity index (χ1) is 7.33. The van der Waals surface area contributed by atoms with Crippen molar-refractivity contribution in [3.8, 4) is 0 Å². The highest BCUT2D eigenvalue weighted by Gasteiger charge is 2.22. The lowest BCUT2D eigenvalue weighted by Crippen LogP contribution is -2.07. The van der Waals surface area contributed by atoms with Gasteiger partial charge in [0.05, 0.1) is 0 Å². The summed E-state index contributed by atoms with van der Waals surface area (Å²) in [6, 6.07) is 0. The standard InChI is InChI=1S/C11H19N3S/c1-2-3-8-14-10(12-13-11(14)15)9-6-4-5-7-9/h9H,2-8H2,1H3,(H,13,15). The van der Waals surface area contributed by atoms with E-state index < -0.39 is 0 Å². The van der Waals surface area contributed by atoms with Gasteiger partial charge in [-0.05, 0) is 31.5 Å². The molecule has 1 aliphatic carbocycles. The molecule has 0 aromatic carbocycles. The molecule has 4 heteroatoms. The minimum absolute atomic E-state index is 0.648. The molecule has 0 amide bonds. The van der Waals surface area contributed by atoms with Crippen LogP contribution >= 0.6 is 12.2 Å². The van der Waals surface area contributed by atoms with Crippen molar-refractivity contribution in [2.24, 2.45) is 0 Å². The van der Waals surface area contributed by atoms with E-state index in [1.54, 1.807) is 0 Å². The first kappa shape index (κ1) is 10.9. The van der Waals surface area contributed by atoms with Crippen LogP contribution in [0.2, 0.25) is 0 Å². The highest BCUT2D eigenvalue weighted by atomic mass is 32.1. The fraction of sp³-hybridized carbons (Fsp3) is 0.818. The summed E-state index contributed by atoms with van der Waals surface area (Å²) in [6.07, 6.45) is 7.65. The Balaban J connectivity index is 2.18. The normalized spacial score (nSPS) is 17.4. The van der Waals surface area contributed by atoms with Gasteiger partial charge in [0.25, 0.3) is 0 Å². The SMILES string of the molecule is CCCCn1c(C2CCCC2)n[nH]c1=S. The third kappa shape index (κ3) is 2.30. The summed E-state index contributed by atoms with van der Waals surface area (Å²) < 4.78 is 3.00. The van der Waals surface area contributed by atoms with Crippen LogP contribution < -0.4 is 0 Å². The number of nitrogens with zero attached hydrogens (tertiary/aromatic N) is 2. The van der Waals surface area contributed by atoms with Crippen molar-refractivity contribution in [3.63, 3.8) is 0 Å². The van der Waals surface area contributed by atoms with Crippen LogP contribution in [0.1, 0.15) is 57.2 Å². The Morgan fingerprint density at radius 1 is 1.47 bits per heavy atom. The van der Waals surface area contributed by atoms with Gasteiger partial charge in [-0.3, -0.25) is 5.10 Å². The van der Waals surface area contributed by atoms with Gasteiger partial charge in [0, 0.05) is 12.5 Å². The van der Waals surface area contributed by atoms with E-state index in [-0.39, 0.29) is 0 Å². The maximum atomic E-state index is 5.27. The summed E-state index contributed by atoms with van der Waals surface area (Å²) in [7, 11) is 0. The molecule has 1 N–H and O–H groups in total. The Kier molecular flexibility index (Phi) is 3.57. The van der Waals surface area contributed by atoms with E-state index in [1.165, 1.54) is 44.3 Å². The van der Waals surface area contributed by atoms with Gasteiger partial charge in [-0.2, -0.15) is 5.10 Å². The molecular formula is C11H19N3S. The summed E-state index contributed by atoms with van der Waals surface area (Å²) in [6.45, 7) is 3.23. The maximum Gasteiger partial charge on any atom is 0.195 e. The van der Waals surface area contributed by atoms with E-state index in [4.69, 9.17) is 12.2 Å². The minimum atomic E-state index is 0.648. The van der Waals surface area contributed by atoms with E-state index >= 15 is 0 Å². The molecule has 0 spiro atoms. The number of hydrogen-bond donors (Lipinski definition) is 1. The molecule has 0 saturated heterocycles. The van der Waals surface area contributed by atoms with Crippen LogP contribution in [0.4, 0.5) is 0 Å². The van der Waals surface area contributed by atoms with Crippen LogP contribution in [0.25, 0.3) is 0 Å². The predicted molar refractivity (Wildman–Crippen MR) is 63.5 cm³/mol. The lowest BCUT2D eigenvalue weighted by atomic mass is 10.1. The number of unbranched alkanes of at least 4 members (excludes halogenated alkanes) is 1. The average Bonchev–Trinajstić information content (AvgIpc) is 2.84. The zero-order chi connectivity index (χ0) is 10.7. The monoisotopic (exact) mass is 225 g/mol. The van der Waals surface area contributed by atoms with Crippen LogP contribution in [0.15, 0.2) is 0 Å². The van der Waals surface area contributed by atoms with E-state index in [0.717, 1.165) is 11.3 Å². The first-order valence-electron chi connectivity index (χ1n) is 5.98. The molecule has 0 bridgehead atoms. The molecule has 0 atom stereocenters. The smallest absolute Gasteiger partial charge is 0.195 e. The number of aromatic nitrogens is 3. The van der Waals surface area contributed by atoms with E-state index in [0.29, 0.717) is 5.92 Å². The van der Waals surface area contributed by atoms with Crippen molar-refractivity contribution in [2.75, 3.05) is 0 Å². The average molecular weight is 225 g/mol. The molecule has 0 radical (unpaired) electrons. The van der Waals surface area contributed by atoms with Crippen LogP contribution in [0.3, 0.4) is 0 Å². The fourth-order valence-electron chi connectivity index (χ4n) is 2.36. The first-order valence-corrected chi connectivity index (χ1v) is 6.39. The Bertz CT molecular complexity index is 360. The Morgan fingerprint density at radius 2 is 2.20 bits per heavy atom. The Hall–Kier alpha value is -0.640. The topological polar surface area (TPSA) is 33.6 Å². The van der Waals surface area contributed by atoms with Crippen LogP contribution in [-0.4, -0.2) is 14.8 Å².